The van der Waals surface area contributed by atoms with E-state index in [9.17, 15) is 18.0 Å². The summed E-state index contributed by atoms with van der Waals surface area (Å²) in [6.07, 6.45) is -3.93. The lowest BCUT2D eigenvalue weighted by atomic mass is 10.0. The summed E-state index contributed by atoms with van der Waals surface area (Å²) in [5.74, 6) is -0.395. The Morgan fingerprint density at radius 1 is 0.939 bits per heavy atom. The maximum Gasteiger partial charge on any atom is 0.416 e. The molecule has 0 fully saturated rings. The molecule has 1 amide bonds. The van der Waals surface area contributed by atoms with Crippen LogP contribution in [0.5, 0.6) is 0 Å². The number of hydrogen-bond acceptors (Lipinski definition) is 2. The van der Waals surface area contributed by atoms with Crippen molar-refractivity contribution in [1.82, 2.24) is 4.90 Å². The van der Waals surface area contributed by atoms with Gasteiger partial charge in [0.05, 0.1) is 26.9 Å². The fraction of sp³-hybridized carbons (Fsp3) is 0.208. The average molecular weight is 516 g/mol. The van der Waals surface area contributed by atoms with Gasteiger partial charge in [-0.1, -0.05) is 59.1 Å². The van der Waals surface area contributed by atoms with Crippen molar-refractivity contribution >= 4 is 46.4 Å². The molecular weight excluding hydrogens is 496 g/mol. The van der Waals surface area contributed by atoms with Crippen molar-refractivity contribution in [2.24, 2.45) is 0 Å². The molecule has 0 radical (unpaired) electrons. The van der Waals surface area contributed by atoms with Crippen LogP contribution in [-0.2, 0) is 19.1 Å². The molecule has 9 heteroatoms. The lowest BCUT2D eigenvalue weighted by Gasteiger charge is -2.25. The number of benzene rings is 3. The van der Waals surface area contributed by atoms with E-state index in [1.807, 2.05) is 12.1 Å². The van der Waals surface area contributed by atoms with Gasteiger partial charge in [-0.25, -0.2) is 0 Å². The number of aryl methyl sites for hydroxylation is 1. The average Bonchev–Trinajstić information content (AvgIpc) is 2.75. The van der Waals surface area contributed by atoms with Gasteiger partial charge in [-0.2, -0.15) is 13.2 Å². The van der Waals surface area contributed by atoms with E-state index in [1.165, 1.54) is 17.0 Å². The standard InChI is InChI=1S/C24H20Cl3F3N2O/c1-14-12-19(31)21(26)22(27)20(14)23(33)32(11-10-15-4-8-18(25)9-5-15)13-16-2-6-17(7-3-16)24(28,29)30/h2-9,12H,10-11,13,31H2,1H3. The highest BCUT2D eigenvalue weighted by Gasteiger charge is 2.30. The van der Waals surface area contributed by atoms with Crippen LogP contribution in [0.1, 0.15) is 32.6 Å². The van der Waals surface area contributed by atoms with Crippen LogP contribution < -0.4 is 5.73 Å². The number of nitrogens with zero attached hydrogens (tertiary/aromatic N) is 1. The van der Waals surface area contributed by atoms with Crippen molar-refractivity contribution in [2.45, 2.75) is 26.1 Å². The summed E-state index contributed by atoms with van der Waals surface area (Å²) in [7, 11) is 0. The molecule has 3 aromatic carbocycles. The number of anilines is 1. The highest BCUT2D eigenvalue weighted by Crippen LogP contribution is 2.35. The van der Waals surface area contributed by atoms with Crippen molar-refractivity contribution in [3.8, 4) is 0 Å². The molecule has 0 aromatic heterocycles. The van der Waals surface area contributed by atoms with Crippen molar-refractivity contribution in [3.63, 3.8) is 0 Å². The minimum Gasteiger partial charge on any atom is -0.397 e. The fourth-order valence-electron chi connectivity index (χ4n) is 3.39. The van der Waals surface area contributed by atoms with Gasteiger partial charge in [0.1, 0.15) is 0 Å². The minimum atomic E-state index is -4.44. The number of rotatable bonds is 6. The Kier molecular flexibility index (Phi) is 7.83. The Bertz CT molecular complexity index is 1150. The number of nitrogens with two attached hydrogens (primary N) is 1. The fourth-order valence-corrected chi connectivity index (χ4v) is 4.00. The number of alkyl halides is 3. The van der Waals surface area contributed by atoms with Crippen LogP contribution in [0.15, 0.2) is 54.6 Å². The summed E-state index contributed by atoms with van der Waals surface area (Å²) in [6, 6.07) is 13.5. The molecule has 2 N–H and O–H groups in total. The molecule has 0 aliphatic heterocycles. The maximum absolute atomic E-state index is 13.5. The molecule has 3 aromatic rings. The third-order valence-electron chi connectivity index (χ3n) is 5.17. The van der Waals surface area contributed by atoms with Gasteiger partial charge in [0.25, 0.3) is 5.91 Å². The number of hydrogen-bond donors (Lipinski definition) is 1. The van der Waals surface area contributed by atoms with Gasteiger partial charge in [0, 0.05) is 18.1 Å². The first-order valence-corrected chi connectivity index (χ1v) is 11.0. The van der Waals surface area contributed by atoms with Gasteiger partial charge in [0.15, 0.2) is 0 Å². The van der Waals surface area contributed by atoms with Crippen LogP contribution in [0.2, 0.25) is 15.1 Å². The van der Waals surface area contributed by atoms with E-state index in [4.69, 9.17) is 40.5 Å². The summed E-state index contributed by atoms with van der Waals surface area (Å²) < 4.78 is 38.7. The van der Waals surface area contributed by atoms with Gasteiger partial charge >= 0.3 is 6.18 Å². The third-order valence-corrected chi connectivity index (χ3v) is 6.31. The summed E-state index contributed by atoms with van der Waals surface area (Å²) in [6.45, 7) is 2.07. The summed E-state index contributed by atoms with van der Waals surface area (Å²) in [5.41, 5.74) is 7.59. The molecule has 3 nitrogen and oxygen atoms in total. The Morgan fingerprint density at radius 2 is 1.52 bits per heavy atom. The predicted octanol–water partition coefficient (Wildman–Crippen LogP) is 7.44. The number of carbonyl (C=O) groups excluding carboxylic acids is 1. The first kappa shape index (κ1) is 25.2. The lowest BCUT2D eigenvalue weighted by molar-refractivity contribution is -0.137. The molecule has 0 bridgehead atoms. The Labute approximate surface area is 204 Å². The molecule has 0 heterocycles. The quantitative estimate of drug-likeness (QED) is 0.347. The number of nitrogen functional groups attached to an aromatic ring is 1. The zero-order valence-electron chi connectivity index (χ0n) is 17.5. The third kappa shape index (κ3) is 6.14. The molecule has 0 atom stereocenters. The normalized spacial score (nSPS) is 11.5. The van der Waals surface area contributed by atoms with Crippen LogP contribution in [0.4, 0.5) is 18.9 Å². The molecule has 174 valence electrons. The largest absolute Gasteiger partial charge is 0.416 e. The van der Waals surface area contributed by atoms with Crippen LogP contribution >= 0.6 is 34.8 Å². The van der Waals surface area contributed by atoms with Gasteiger partial charge < -0.3 is 10.6 Å². The van der Waals surface area contributed by atoms with E-state index in [2.05, 4.69) is 0 Å². The Balaban J connectivity index is 1.92. The molecule has 0 saturated heterocycles. The first-order valence-electron chi connectivity index (χ1n) is 9.91. The molecule has 0 spiro atoms. The monoisotopic (exact) mass is 514 g/mol. The van der Waals surface area contributed by atoms with Crippen LogP contribution in [0, 0.1) is 6.92 Å². The highest BCUT2D eigenvalue weighted by atomic mass is 35.5. The van der Waals surface area contributed by atoms with Crippen molar-refractivity contribution in [1.29, 1.82) is 0 Å². The van der Waals surface area contributed by atoms with Gasteiger partial charge in [0.2, 0.25) is 0 Å². The molecule has 0 saturated carbocycles. The van der Waals surface area contributed by atoms with Crippen molar-refractivity contribution < 1.29 is 18.0 Å². The van der Waals surface area contributed by atoms with E-state index in [0.717, 1.165) is 17.7 Å². The zero-order chi connectivity index (χ0) is 24.3. The van der Waals surface area contributed by atoms with Crippen molar-refractivity contribution in [2.75, 3.05) is 12.3 Å². The van der Waals surface area contributed by atoms with E-state index < -0.39 is 17.6 Å². The summed E-state index contributed by atoms with van der Waals surface area (Å²) in [5, 5.41) is 0.719. The van der Waals surface area contributed by atoms with E-state index >= 15 is 0 Å². The molecule has 0 unspecified atom stereocenters. The number of halogens is 6. The van der Waals surface area contributed by atoms with Gasteiger partial charge in [-0.15, -0.1) is 0 Å². The highest BCUT2D eigenvalue weighted by molar-refractivity contribution is 6.45. The van der Waals surface area contributed by atoms with Crippen molar-refractivity contribution in [3.05, 3.63) is 97.5 Å². The molecule has 3 rings (SSSR count). The molecule has 0 aliphatic rings. The Hall–Kier alpha value is -2.41. The first-order chi connectivity index (χ1) is 15.5. The van der Waals surface area contributed by atoms with E-state index in [0.29, 0.717) is 29.1 Å². The summed E-state index contributed by atoms with van der Waals surface area (Å²) >= 11 is 18.5. The molecule has 33 heavy (non-hydrogen) atoms. The second kappa shape index (κ2) is 10.2. The number of carbonyl (C=O) groups is 1. The number of amides is 1. The van der Waals surface area contributed by atoms with Gasteiger partial charge in [-0.3, -0.25) is 4.79 Å². The van der Waals surface area contributed by atoms with E-state index in [1.54, 1.807) is 25.1 Å². The minimum absolute atomic E-state index is 0.0445. The maximum atomic E-state index is 13.5. The summed E-state index contributed by atoms with van der Waals surface area (Å²) in [4.78, 5) is 15.0. The van der Waals surface area contributed by atoms with Crippen LogP contribution in [0.3, 0.4) is 0 Å². The Morgan fingerprint density at radius 3 is 2.09 bits per heavy atom. The van der Waals surface area contributed by atoms with Crippen LogP contribution in [-0.4, -0.2) is 17.4 Å². The van der Waals surface area contributed by atoms with Gasteiger partial charge in [-0.05, 0) is 60.4 Å². The predicted molar refractivity (Wildman–Crippen MR) is 127 cm³/mol. The van der Waals surface area contributed by atoms with Crippen LogP contribution in [0.25, 0.3) is 0 Å². The van der Waals surface area contributed by atoms with E-state index in [-0.39, 0.29) is 27.8 Å². The lowest BCUT2D eigenvalue weighted by Crippen LogP contribution is -2.33. The SMILES string of the molecule is Cc1cc(N)c(Cl)c(Cl)c1C(=O)N(CCc1ccc(Cl)cc1)Cc1ccc(C(F)(F)F)cc1. The second-order valence-electron chi connectivity index (χ2n) is 7.58. The zero-order valence-corrected chi connectivity index (χ0v) is 19.8. The smallest absolute Gasteiger partial charge is 0.397 e. The molecular formula is C24H20Cl3F3N2O. The second-order valence-corrected chi connectivity index (χ2v) is 8.78. The topological polar surface area (TPSA) is 46.3 Å². The molecule has 0 aliphatic carbocycles.